The first-order valence-electron chi connectivity index (χ1n) is 5.79. The van der Waals surface area contributed by atoms with E-state index >= 15 is 0 Å². The third kappa shape index (κ3) is 4.16. The highest BCUT2D eigenvalue weighted by molar-refractivity contribution is 7.99. The molecule has 2 nitrogen and oxygen atoms in total. The van der Waals surface area contributed by atoms with E-state index in [-0.39, 0.29) is 6.04 Å². The largest absolute Gasteiger partial charge is 0.271 e. The Morgan fingerprint density at radius 1 is 1.25 bits per heavy atom. The highest BCUT2D eigenvalue weighted by Crippen LogP contribution is 2.20. The average molecular weight is 238 g/mol. The third-order valence-electron chi connectivity index (χ3n) is 2.48. The van der Waals surface area contributed by atoms with Crippen LogP contribution >= 0.6 is 11.8 Å². The van der Waals surface area contributed by atoms with Crippen molar-refractivity contribution in [2.24, 2.45) is 5.84 Å². The first-order chi connectivity index (χ1) is 7.67. The van der Waals surface area contributed by atoms with Gasteiger partial charge in [0.15, 0.2) is 0 Å². The van der Waals surface area contributed by atoms with Crippen LogP contribution in [0.2, 0.25) is 0 Å². The maximum atomic E-state index is 5.62. The Morgan fingerprint density at radius 3 is 2.38 bits per heavy atom. The Morgan fingerprint density at radius 2 is 1.88 bits per heavy atom. The monoisotopic (exact) mass is 238 g/mol. The zero-order valence-electron chi connectivity index (χ0n) is 10.4. The van der Waals surface area contributed by atoms with Crippen molar-refractivity contribution in [3.8, 4) is 0 Å². The minimum atomic E-state index is 0.259. The van der Waals surface area contributed by atoms with Gasteiger partial charge in [0.2, 0.25) is 0 Å². The average Bonchev–Trinajstić information content (AvgIpc) is 2.23. The van der Waals surface area contributed by atoms with E-state index in [0.29, 0.717) is 0 Å². The van der Waals surface area contributed by atoms with Crippen LogP contribution in [0.3, 0.4) is 0 Å². The second kappa shape index (κ2) is 6.94. The number of nitrogens with one attached hydrogen (secondary N) is 1. The van der Waals surface area contributed by atoms with Crippen molar-refractivity contribution in [1.29, 1.82) is 0 Å². The minimum absolute atomic E-state index is 0.259. The fraction of sp³-hybridized carbons (Fsp3) is 0.538. The molecule has 0 bridgehead atoms. The van der Waals surface area contributed by atoms with E-state index in [0.717, 1.165) is 5.75 Å². The number of aryl methyl sites for hydroxylation is 2. The lowest BCUT2D eigenvalue weighted by atomic mass is 10.0. The van der Waals surface area contributed by atoms with Crippen molar-refractivity contribution in [3.05, 3.63) is 34.9 Å². The van der Waals surface area contributed by atoms with Gasteiger partial charge in [-0.15, -0.1) is 0 Å². The molecule has 1 rings (SSSR count). The van der Waals surface area contributed by atoms with Crippen LogP contribution in [0.5, 0.6) is 0 Å². The SMILES string of the molecule is CCCSCC(NN)c1cc(C)cc(C)c1. The van der Waals surface area contributed by atoms with Crippen LogP contribution in [0.15, 0.2) is 18.2 Å². The number of benzene rings is 1. The van der Waals surface area contributed by atoms with E-state index in [4.69, 9.17) is 5.84 Å². The van der Waals surface area contributed by atoms with E-state index in [1.807, 2.05) is 11.8 Å². The first kappa shape index (κ1) is 13.6. The Hall–Kier alpha value is -0.510. The molecule has 3 heteroatoms. The van der Waals surface area contributed by atoms with Gasteiger partial charge in [0.1, 0.15) is 0 Å². The van der Waals surface area contributed by atoms with E-state index in [1.165, 1.54) is 28.9 Å². The zero-order chi connectivity index (χ0) is 12.0. The number of nitrogens with two attached hydrogens (primary N) is 1. The number of hydrazine groups is 1. The molecule has 0 spiro atoms. The molecule has 0 saturated carbocycles. The lowest BCUT2D eigenvalue weighted by Gasteiger charge is -2.17. The number of rotatable bonds is 6. The number of thioether (sulfide) groups is 1. The molecule has 1 unspecified atom stereocenters. The minimum Gasteiger partial charge on any atom is -0.271 e. The van der Waals surface area contributed by atoms with Gasteiger partial charge >= 0.3 is 0 Å². The summed E-state index contributed by atoms with van der Waals surface area (Å²) in [6, 6.07) is 6.87. The summed E-state index contributed by atoms with van der Waals surface area (Å²) in [6.45, 7) is 6.46. The summed E-state index contributed by atoms with van der Waals surface area (Å²) in [5.74, 6) is 7.86. The van der Waals surface area contributed by atoms with E-state index in [1.54, 1.807) is 0 Å². The van der Waals surface area contributed by atoms with Crippen LogP contribution in [0.1, 0.15) is 36.1 Å². The molecule has 1 atom stereocenters. The molecule has 0 fully saturated rings. The zero-order valence-corrected chi connectivity index (χ0v) is 11.2. The van der Waals surface area contributed by atoms with Gasteiger partial charge in [0.05, 0.1) is 6.04 Å². The molecule has 0 saturated heterocycles. The summed E-state index contributed by atoms with van der Waals surface area (Å²) >= 11 is 1.95. The second-order valence-electron chi connectivity index (χ2n) is 4.22. The maximum Gasteiger partial charge on any atom is 0.0550 e. The van der Waals surface area contributed by atoms with Crippen molar-refractivity contribution >= 4 is 11.8 Å². The fourth-order valence-corrected chi connectivity index (χ4v) is 2.78. The van der Waals surface area contributed by atoms with Crippen LogP contribution in [0, 0.1) is 13.8 Å². The molecule has 0 amide bonds. The quantitative estimate of drug-likeness (QED) is 0.454. The first-order valence-corrected chi connectivity index (χ1v) is 6.95. The van der Waals surface area contributed by atoms with Gasteiger partial charge in [-0.25, -0.2) is 0 Å². The molecule has 0 aliphatic carbocycles. The summed E-state index contributed by atoms with van der Waals surface area (Å²) in [6.07, 6.45) is 1.22. The second-order valence-corrected chi connectivity index (χ2v) is 5.37. The highest BCUT2D eigenvalue weighted by atomic mass is 32.2. The van der Waals surface area contributed by atoms with Crippen LogP contribution in [0.25, 0.3) is 0 Å². The predicted octanol–water partition coefficient (Wildman–Crippen LogP) is 2.95. The van der Waals surface area contributed by atoms with Gasteiger partial charge in [-0.05, 0) is 31.6 Å². The van der Waals surface area contributed by atoms with Gasteiger partial charge in [-0.1, -0.05) is 36.2 Å². The van der Waals surface area contributed by atoms with Crippen LogP contribution < -0.4 is 11.3 Å². The topological polar surface area (TPSA) is 38.0 Å². The molecule has 90 valence electrons. The van der Waals surface area contributed by atoms with E-state index < -0.39 is 0 Å². The van der Waals surface area contributed by atoms with Crippen molar-refractivity contribution in [3.63, 3.8) is 0 Å². The summed E-state index contributed by atoms with van der Waals surface area (Å²) in [5, 5.41) is 0. The van der Waals surface area contributed by atoms with Gasteiger partial charge in [-0.2, -0.15) is 11.8 Å². The number of hydrogen-bond donors (Lipinski definition) is 2. The third-order valence-corrected chi connectivity index (χ3v) is 3.75. The summed E-state index contributed by atoms with van der Waals surface area (Å²) in [4.78, 5) is 0. The molecule has 1 aromatic rings. The van der Waals surface area contributed by atoms with Crippen LogP contribution in [-0.2, 0) is 0 Å². The molecule has 0 aromatic heterocycles. The summed E-state index contributed by atoms with van der Waals surface area (Å²) in [5.41, 5.74) is 6.81. The van der Waals surface area contributed by atoms with Crippen LogP contribution in [-0.4, -0.2) is 11.5 Å². The standard InChI is InChI=1S/C13H22N2S/c1-4-5-16-9-13(15-14)12-7-10(2)6-11(3)8-12/h6-8,13,15H,4-5,9,14H2,1-3H3. The van der Waals surface area contributed by atoms with E-state index in [2.05, 4.69) is 44.4 Å². The van der Waals surface area contributed by atoms with Gasteiger partial charge < -0.3 is 0 Å². The lowest BCUT2D eigenvalue weighted by molar-refractivity contribution is 0.610. The highest BCUT2D eigenvalue weighted by Gasteiger charge is 2.10. The molecule has 0 aliphatic rings. The van der Waals surface area contributed by atoms with Crippen LogP contribution in [0.4, 0.5) is 0 Å². The van der Waals surface area contributed by atoms with Gasteiger partial charge in [0, 0.05) is 5.75 Å². The Labute approximate surface area is 103 Å². The predicted molar refractivity (Wildman–Crippen MR) is 73.6 cm³/mol. The fourth-order valence-electron chi connectivity index (χ4n) is 1.80. The van der Waals surface area contributed by atoms with Crippen molar-refractivity contribution in [2.75, 3.05) is 11.5 Å². The van der Waals surface area contributed by atoms with Crippen molar-refractivity contribution in [1.82, 2.24) is 5.43 Å². The molecule has 16 heavy (non-hydrogen) atoms. The molecular weight excluding hydrogens is 216 g/mol. The number of hydrogen-bond acceptors (Lipinski definition) is 3. The van der Waals surface area contributed by atoms with E-state index in [9.17, 15) is 0 Å². The van der Waals surface area contributed by atoms with Gasteiger partial charge in [0.25, 0.3) is 0 Å². The molecule has 0 aliphatic heterocycles. The Balaban J connectivity index is 2.70. The lowest BCUT2D eigenvalue weighted by Crippen LogP contribution is -2.29. The maximum absolute atomic E-state index is 5.62. The smallest absolute Gasteiger partial charge is 0.0550 e. The Kier molecular flexibility index (Phi) is 5.88. The molecule has 0 radical (unpaired) electrons. The summed E-state index contributed by atoms with van der Waals surface area (Å²) < 4.78 is 0. The van der Waals surface area contributed by atoms with Gasteiger partial charge in [-0.3, -0.25) is 11.3 Å². The molecule has 0 heterocycles. The molecule has 1 aromatic carbocycles. The molecular formula is C13H22N2S. The Bertz CT molecular complexity index is 305. The summed E-state index contributed by atoms with van der Waals surface area (Å²) in [7, 11) is 0. The van der Waals surface area contributed by atoms with Crippen molar-refractivity contribution < 1.29 is 0 Å². The molecule has 3 N–H and O–H groups in total. The normalized spacial score (nSPS) is 12.8. The van der Waals surface area contributed by atoms with Crippen molar-refractivity contribution in [2.45, 2.75) is 33.2 Å².